The van der Waals surface area contributed by atoms with Gasteiger partial charge in [0.15, 0.2) is 16.6 Å². The Balaban J connectivity index is 1.62. The van der Waals surface area contributed by atoms with E-state index in [4.69, 9.17) is 14.2 Å². The maximum Gasteiger partial charge on any atom is 0.301 e. The second-order valence-corrected chi connectivity index (χ2v) is 8.99. The van der Waals surface area contributed by atoms with Gasteiger partial charge in [0.2, 0.25) is 0 Å². The molecule has 3 heterocycles. The molecule has 0 unspecified atom stereocenters. The molecular formula is C26H24N2O6S. The summed E-state index contributed by atoms with van der Waals surface area (Å²) in [6.45, 7) is 3.47. The zero-order valence-corrected chi connectivity index (χ0v) is 19.9. The molecule has 0 saturated carbocycles. The fourth-order valence-electron chi connectivity index (χ4n) is 4.14. The van der Waals surface area contributed by atoms with E-state index in [-0.39, 0.29) is 11.3 Å². The van der Waals surface area contributed by atoms with Crippen molar-refractivity contribution in [1.82, 2.24) is 4.98 Å². The number of carbonyl (C=O) groups is 2. The number of amides is 1. The molecule has 2 aliphatic heterocycles. The molecule has 1 aromatic heterocycles. The van der Waals surface area contributed by atoms with Crippen LogP contribution >= 0.6 is 11.3 Å². The third-order valence-electron chi connectivity index (χ3n) is 5.83. The van der Waals surface area contributed by atoms with E-state index in [1.54, 1.807) is 41.9 Å². The Morgan fingerprint density at radius 3 is 2.77 bits per heavy atom. The highest BCUT2D eigenvalue weighted by atomic mass is 32.1. The molecule has 1 N–H and O–H groups in total. The molecule has 0 spiro atoms. The van der Waals surface area contributed by atoms with E-state index in [1.165, 1.54) is 16.2 Å². The Morgan fingerprint density at radius 2 is 2.00 bits per heavy atom. The number of hydrogen-bond donors (Lipinski definition) is 1. The van der Waals surface area contributed by atoms with E-state index in [2.05, 4.69) is 11.9 Å². The van der Waals surface area contributed by atoms with Crippen LogP contribution in [0.1, 0.15) is 36.9 Å². The Morgan fingerprint density at radius 1 is 1.17 bits per heavy atom. The lowest BCUT2D eigenvalue weighted by molar-refractivity contribution is -0.132. The molecule has 180 valence electrons. The second kappa shape index (κ2) is 9.79. The first-order chi connectivity index (χ1) is 17.1. The first kappa shape index (κ1) is 22.9. The molecule has 1 fully saturated rings. The van der Waals surface area contributed by atoms with Gasteiger partial charge in [0.25, 0.3) is 5.78 Å². The summed E-state index contributed by atoms with van der Waals surface area (Å²) in [7, 11) is 0. The van der Waals surface area contributed by atoms with Gasteiger partial charge in [-0.05, 0) is 42.3 Å². The highest BCUT2D eigenvalue weighted by molar-refractivity contribution is 7.14. The van der Waals surface area contributed by atoms with Crippen LogP contribution in [0.25, 0.3) is 5.76 Å². The van der Waals surface area contributed by atoms with Crippen molar-refractivity contribution in [2.75, 3.05) is 24.7 Å². The first-order valence-electron chi connectivity index (χ1n) is 11.4. The molecular weight excluding hydrogens is 468 g/mol. The topological polar surface area (TPSA) is 98.2 Å². The Kier molecular flexibility index (Phi) is 6.41. The van der Waals surface area contributed by atoms with Gasteiger partial charge in [-0.2, -0.15) is 0 Å². The minimum atomic E-state index is -0.871. The molecule has 8 nitrogen and oxygen atoms in total. The van der Waals surface area contributed by atoms with Gasteiger partial charge in [-0.25, -0.2) is 4.98 Å². The molecule has 1 amide bonds. The van der Waals surface area contributed by atoms with E-state index in [0.717, 1.165) is 12.8 Å². The van der Waals surface area contributed by atoms with Crippen LogP contribution in [-0.4, -0.2) is 41.6 Å². The molecule has 1 saturated heterocycles. The second-order valence-electron chi connectivity index (χ2n) is 8.12. The van der Waals surface area contributed by atoms with Crippen LogP contribution in [0.5, 0.6) is 17.2 Å². The first-order valence-corrected chi connectivity index (χ1v) is 12.3. The van der Waals surface area contributed by atoms with Crippen LogP contribution in [0.15, 0.2) is 59.6 Å². The lowest BCUT2D eigenvalue weighted by Gasteiger charge is -2.23. The minimum absolute atomic E-state index is 0.0208. The zero-order chi connectivity index (χ0) is 24.4. The third kappa shape index (κ3) is 4.35. The predicted molar refractivity (Wildman–Crippen MR) is 131 cm³/mol. The van der Waals surface area contributed by atoms with E-state index in [0.29, 0.717) is 53.3 Å². The number of carbonyl (C=O) groups excluding carboxylic acids is 2. The molecule has 1 atom stereocenters. The number of ether oxygens (including phenoxy) is 3. The quantitative estimate of drug-likeness (QED) is 0.221. The van der Waals surface area contributed by atoms with Gasteiger partial charge in [-0.3, -0.25) is 14.5 Å². The van der Waals surface area contributed by atoms with Crippen molar-refractivity contribution < 1.29 is 28.9 Å². The number of anilines is 1. The average Bonchev–Trinajstić information content (AvgIpc) is 3.50. The Labute approximate surface area is 206 Å². The van der Waals surface area contributed by atoms with Crippen molar-refractivity contribution >= 4 is 33.9 Å². The molecule has 35 heavy (non-hydrogen) atoms. The number of ketones is 1. The van der Waals surface area contributed by atoms with Crippen molar-refractivity contribution in [3.63, 3.8) is 0 Å². The van der Waals surface area contributed by atoms with Crippen molar-refractivity contribution in [3.8, 4) is 17.2 Å². The lowest BCUT2D eigenvalue weighted by atomic mass is 9.95. The minimum Gasteiger partial charge on any atom is -0.507 e. The number of aromatic nitrogens is 1. The molecule has 0 bridgehead atoms. The van der Waals surface area contributed by atoms with Crippen molar-refractivity contribution in [2.24, 2.45) is 0 Å². The van der Waals surface area contributed by atoms with Crippen LogP contribution in [0, 0.1) is 0 Å². The van der Waals surface area contributed by atoms with E-state index in [9.17, 15) is 14.7 Å². The van der Waals surface area contributed by atoms with Gasteiger partial charge < -0.3 is 19.3 Å². The van der Waals surface area contributed by atoms with Crippen molar-refractivity contribution in [1.29, 1.82) is 0 Å². The summed E-state index contributed by atoms with van der Waals surface area (Å²) in [6, 6.07) is 11.3. The number of unbranched alkanes of at least 4 members (excludes halogenated alkanes) is 1. The highest BCUT2D eigenvalue weighted by Crippen LogP contribution is 2.44. The molecule has 2 aromatic carbocycles. The van der Waals surface area contributed by atoms with E-state index >= 15 is 0 Å². The van der Waals surface area contributed by atoms with Crippen LogP contribution in [0.3, 0.4) is 0 Å². The number of thiazole rings is 1. The molecule has 5 rings (SSSR count). The average molecular weight is 493 g/mol. The zero-order valence-electron chi connectivity index (χ0n) is 19.1. The summed E-state index contributed by atoms with van der Waals surface area (Å²) in [5, 5.41) is 13.4. The van der Waals surface area contributed by atoms with Crippen molar-refractivity contribution in [2.45, 2.75) is 25.8 Å². The number of nitrogens with zero attached hydrogens (tertiary/aromatic N) is 2. The molecule has 9 heteroatoms. The number of hydrogen-bond acceptors (Lipinski definition) is 8. The summed E-state index contributed by atoms with van der Waals surface area (Å²) in [5.41, 5.74) is 0.965. The number of fused-ring (bicyclic) bond motifs is 1. The number of aliphatic hydroxyl groups excluding tert-OH is 1. The fraction of sp³-hybridized carbons (Fsp3) is 0.269. The van der Waals surface area contributed by atoms with Gasteiger partial charge in [-0.1, -0.05) is 25.5 Å². The number of benzene rings is 2. The fourth-order valence-corrected chi connectivity index (χ4v) is 4.80. The van der Waals surface area contributed by atoms with E-state index in [1.807, 2.05) is 12.1 Å². The normalized spacial score (nSPS) is 18.7. The number of rotatable bonds is 7. The van der Waals surface area contributed by atoms with Gasteiger partial charge in [0.05, 0.1) is 18.2 Å². The molecule has 0 aliphatic carbocycles. The Hall–Kier alpha value is -3.85. The maximum atomic E-state index is 13.3. The smallest absolute Gasteiger partial charge is 0.301 e. The summed E-state index contributed by atoms with van der Waals surface area (Å²) >= 11 is 1.24. The molecule has 3 aromatic rings. The Bertz CT molecular complexity index is 1290. The summed E-state index contributed by atoms with van der Waals surface area (Å²) in [6.07, 6.45) is 3.48. The van der Waals surface area contributed by atoms with Crippen molar-refractivity contribution in [3.05, 3.63) is 70.7 Å². The monoisotopic (exact) mass is 492 g/mol. The molecule has 2 aliphatic rings. The van der Waals surface area contributed by atoms with Crippen LogP contribution in [0.4, 0.5) is 5.13 Å². The summed E-state index contributed by atoms with van der Waals surface area (Å²) in [5.74, 6) is -0.167. The maximum absolute atomic E-state index is 13.3. The predicted octanol–water partition coefficient (Wildman–Crippen LogP) is 4.72. The third-order valence-corrected chi connectivity index (χ3v) is 6.60. The standard InChI is InChI=1S/C26H24N2O6S/c1-2-3-10-32-18-6-4-5-16(14-18)22-21(24(30)25(31)28(22)26-27-9-13-35-26)23(29)17-7-8-19-20(15-17)34-12-11-33-19/h4-9,13-15,22,29H,2-3,10-12H2,1H3/b23-21+/t22-/m0/s1. The van der Waals surface area contributed by atoms with Gasteiger partial charge >= 0.3 is 5.91 Å². The van der Waals surface area contributed by atoms with Crippen LogP contribution in [0.2, 0.25) is 0 Å². The molecule has 0 radical (unpaired) electrons. The van der Waals surface area contributed by atoms with Crippen LogP contribution < -0.4 is 19.1 Å². The number of Topliss-reactive ketones (excluding diaryl/α,β-unsaturated/α-hetero) is 1. The largest absolute Gasteiger partial charge is 0.507 e. The SMILES string of the molecule is CCCCOc1cccc([C@H]2/C(=C(\O)c3ccc4c(c3)OCCO4)C(=O)C(=O)N2c2nccs2)c1. The van der Waals surface area contributed by atoms with Crippen LogP contribution in [-0.2, 0) is 9.59 Å². The van der Waals surface area contributed by atoms with Gasteiger partial charge in [0.1, 0.15) is 24.7 Å². The van der Waals surface area contributed by atoms with Gasteiger partial charge in [0, 0.05) is 17.1 Å². The lowest BCUT2D eigenvalue weighted by Crippen LogP contribution is -2.29. The highest BCUT2D eigenvalue weighted by Gasteiger charge is 2.48. The number of aliphatic hydroxyl groups is 1. The van der Waals surface area contributed by atoms with Gasteiger partial charge in [-0.15, -0.1) is 11.3 Å². The summed E-state index contributed by atoms with van der Waals surface area (Å²) in [4.78, 5) is 32.1. The summed E-state index contributed by atoms with van der Waals surface area (Å²) < 4.78 is 17.1. The van der Waals surface area contributed by atoms with E-state index < -0.39 is 17.7 Å².